The minimum atomic E-state index is -1.28. The highest BCUT2D eigenvalue weighted by atomic mass is 35.5. The first-order valence-corrected chi connectivity index (χ1v) is 8.19. The molecule has 0 spiro atoms. The number of aromatic nitrogens is 4. The fourth-order valence-corrected chi connectivity index (χ4v) is 3.02. The number of aryl methyl sites for hydroxylation is 1. The van der Waals surface area contributed by atoms with E-state index in [2.05, 4.69) is 10.1 Å². The van der Waals surface area contributed by atoms with Gasteiger partial charge in [-0.3, -0.25) is 9.36 Å². The minimum Gasteiger partial charge on any atom is -0.475 e. The smallest absolute Gasteiger partial charge is 0.375 e. The zero-order valence-electron chi connectivity index (χ0n) is 13.7. The number of aromatic carboxylic acids is 1. The molecular formula is C18H13ClN4O3. The van der Waals surface area contributed by atoms with Crippen LogP contribution in [-0.2, 0) is 6.54 Å². The number of carboxylic acid groups (broad SMARTS) is 1. The monoisotopic (exact) mass is 368 g/mol. The van der Waals surface area contributed by atoms with E-state index in [-0.39, 0.29) is 5.65 Å². The average molecular weight is 369 g/mol. The van der Waals surface area contributed by atoms with Gasteiger partial charge < -0.3 is 5.11 Å². The molecule has 4 rings (SSSR count). The fourth-order valence-electron chi connectivity index (χ4n) is 2.90. The SMILES string of the molecule is Cc1ccc2c(c1)n(Cc1ccc(Cl)cc1)c(=O)c1nc(C(=O)O)nn12. The molecule has 0 radical (unpaired) electrons. The highest BCUT2D eigenvalue weighted by Gasteiger charge is 2.18. The van der Waals surface area contributed by atoms with Crippen LogP contribution in [0.5, 0.6) is 0 Å². The van der Waals surface area contributed by atoms with E-state index < -0.39 is 17.4 Å². The van der Waals surface area contributed by atoms with Crippen LogP contribution < -0.4 is 5.56 Å². The van der Waals surface area contributed by atoms with E-state index in [0.29, 0.717) is 22.6 Å². The van der Waals surface area contributed by atoms with Crippen LogP contribution in [0.25, 0.3) is 16.7 Å². The molecular weight excluding hydrogens is 356 g/mol. The molecule has 2 heterocycles. The summed E-state index contributed by atoms with van der Waals surface area (Å²) in [4.78, 5) is 28.1. The zero-order valence-corrected chi connectivity index (χ0v) is 14.4. The van der Waals surface area contributed by atoms with Crippen molar-refractivity contribution in [1.82, 2.24) is 19.2 Å². The lowest BCUT2D eigenvalue weighted by molar-refractivity contribution is 0.0684. The van der Waals surface area contributed by atoms with Gasteiger partial charge in [-0.25, -0.2) is 9.31 Å². The van der Waals surface area contributed by atoms with Crippen LogP contribution in [0.4, 0.5) is 0 Å². The topological polar surface area (TPSA) is 89.5 Å². The van der Waals surface area contributed by atoms with Gasteiger partial charge in [-0.2, -0.15) is 4.98 Å². The van der Waals surface area contributed by atoms with Crippen molar-refractivity contribution in [3.8, 4) is 0 Å². The van der Waals surface area contributed by atoms with Gasteiger partial charge in [0.15, 0.2) is 0 Å². The van der Waals surface area contributed by atoms with E-state index in [0.717, 1.165) is 11.1 Å². The standard InChI is InChI=1S/C18H13ClN4O3/c1-10-2-7-13-14(8-10)22(9-11-3-5-12(19)6-4-11)17(24)16-20-15(18(25)26)21-23(13)16/h2-8H,9H2,1H3,(H,25,26). The largest absolute Gasteiger partial charge is 0.475 e. The Morgan fingerprint density at radius 2 is 1.88 bits per heavy atom. The molecule has 7 nitrogen and oxygen atoms in total. The van der Waals surface area contributed by atoms with Crippen molar-refractivity contribution in [3.05, 3.63) is 74.8 Å². The zero-order chi connectivity index (χ0) is 18.4. The third kappa shape index (κ3) is 2.62. The van der Waals surface area contributed by atoms with Gasteiger partial charge in [0, 0.05) is 5.02 Å². The number of nitrogens with zero attached hydrogens (tertiary/aromatic N) is 4. The second-order valence-electron chi connectivity index (χ2n) is 5.99. The number of carboxylic acids is 1. The molecule has 26 heavy (non-hydrogen) atoms. The van der Waals surface area contributed by atoms with Gasteiger partial charge in [0.25, 0.3) is 11.4 Å². The van der Waals surface area contributed by atoms with Crippen molar-refractivity contribution in [3.63, 3.8) is 0 Å². The lowest BCUT2D eigenvalue weighted by Gasteiger charge is -2.12. The highest BCUT2D eigenvalue weighted by Crippen LogP contribution is 2.18. The molecule has 0 aliphatic rings. The Morgan fingerprint density at radius 1 is 1.15 bits per heavy atom. The first-order valence-electron chi connectivity index (χ1n) is 7.82. The number of fused-ring (bicyclic) bond motifs is 3. The van der Waals surface area contributed by atoms with E-state index in [9.17, 15) is 9.59 Å². The second kappa shape index (κ2) is 5.96. The Balaban J connectivity index is 2.04. The van der Waals surface area contributed by atoms with E-state index in [1.807, 2.05) is 31.2 Å². The maximum absolute atomic E-state index is 13.0. The summed E-state index contributed by atoms with van der Waals surface area (Å²) >= 11 is 5.93. The summed E-state index contributed by atoms with van der Waals surface area (Å²) < 4.78 is 2.86. The summed E-state index contributed by atoms with van der Waals surface area (Å²) in [6, 6.07) is 12.7. The molecule has 0 saturated heterocycles. The number of halogens is 1. The Bertz CT molecular complexity index is 1230. The first kappa shape index (κ1) is 16.3. The van der Waals surface area contributed by atoms with Crippen molar-refractivity contribution in [2.45, 2.75) is 13.5 Å². The van der Waals surface area contributed by atoms with Crippen LogP contribution in [-0.4, -0.2) is 30.2 Å². The van der Waals surface area contributed by atoms with Gasteiger partial charge in [0.05, 0.1) is 17.6 Å². The molecule has 2 aromatic heterocycles. The van der Waals surface area contributed by atoms with E-state index in [4.69, 9.17) is 16.7 Å². The average Bonchev–Trinajstić information content (AvgIpc) is 3.06. The Kier molecular flexibility index (Phi) is 3.73. The van der Waals surface area contributed by atoms with Crippen molar-refractivity contribution < 1.29 is 9.90 Å². The molecule has 0 fully saturated rings. The van der Waals surface area contributed by atoms with Crippen molar-refractivity contribution >= 4 is 34.3 Å². The number of carbonyl (C=O) groups is 1. The molecule has 0 aliphatic carbocycles. The van der Waals surface area contributed by atoms with Crippen LogP contribution >= 0.6 is 11.6 Å². The van der Waals surface area contributed by atoms with Gasteiger partial charge in [0.1, 0.15) is 0 Å². The lowest BCUT2D eigenvalue weighted by atomic mass is 10.2. The maximum atomic E-state index is 13.0. The van der Waals surface area contributed by atoms with Gasteiger partial charge in [0.2, 0.25) is 5.65 Å². The van der Waals surface area contributed by atoms with E-state index >= 15 is 0 Å². The second-order valence-corrected chi connectivity index (χ2v) is 6.42. The van der Waals surface area contributed by atoms with Crippen LogP contribution in [0.3, 0.4) is 0 Å². The van der Waals surface area contributed by atoms with Crippen molar-refractivity contribution in [2.24, 2.45) is 0 Å². The summed E-state index contributed by atoms with van der Waals surface area (Å²) in [5.74, 6) is -1.69. The Hall–Kier alpha value is -3.19. The summed E-state index contributed by atoms with van der Waals surface area (Å²) in [7, 11) is 0. The fraction of sp³-hybridized carbons (Fsp3) is 0.111. The minimum absolute atomic E-state index is 0.0206. The summed E-state index contributed by atoms with van der Waals surface area (Å²) in [6.07, 6.45) is 0. The maximum Gasteiger partial charge on any atom is 0.375 e. The van der Waals surface area contributed by atoms with Gasteiger partial charge in [-0.05, 0) is 42.3 Å². The van der Waals surface area contributed by atoms with Gasteiger partial charge >= 0.3 is 5.97 Å². The lowest BCUT2D eigenvalue weighted by Crippen LogP contribution is -2.24. The normalized spacial score (nSPS) is 11.3. The van der Waals surface area contributed by atoms with Crippen LogP contribution in [0.2, 0.25) is 5.02 Å². The molecule has 0 amide bonds. The highest BCUT2D eigenvalue weighted by molar-refractivity contribution is 6.30. The predicted molar refractivity (Wildman–Crippen MR) is 97.0 cm³/mol. The number of hydrogen-bond acceptors (Lipinski definition) is 4. The molecule has 0 unspecified atom stereocenters. The number of rotatable bonds is 3. The van der Waals surface area contributed by atoms with Gasteiger partial charge in [-0.15, -0.1) is 5.10 Å². The van der Waals surface area contributed by atoms with E-state index in [1.54, 1.807) is 22.8 Å². The molecule has 8 heteroatoms. The summed E-state index contributed by atoms with van der Waals surface area (Å²) in [5.41, 5.74) is 2.70. The molecule has 1 N–H and O–H groups in total. The predicted octanol–water partition coefficient (Wildman–Crippen LogP) is 2.75. The van der Waals surface area contributed by atoms with Gasteiger partial charge in [-0.1, -0.05) is 29.8 Å². The summed E-state index contributed by atoms with van der Waals surface area (Å²) in [5, 5.41) is 13.7. The Labute approximate surface area is 152 Å². The molecule has 4 aromatic rings. The third-order valence-electron chi connectivity index (χ3n) is 4.14. The van der Waals surface area contributed by atoms with Crippen LogP contribution in [0.1, 0.15) is 21.7 Å². The van der Waals surface area contributed by atoms with Crippen molar-refractivity contribution in [1.29, 1.82) is 0 Å². The molecule has 0 bridgehead atoms. The van der Waals surface area contributed by atoms with E-state index in [1.165, 1.54) is 4.52 Å². The van der Waals surface area contributed by atoms with Crippen molar-refractivity contribution in [2.75, 3.05) is 0 Å². The molecule has 0 aliphatic heterocycles. The molecule has 2 aromatic carbocycles. The quantitative estimate of drug-likeness (QED) is 0.600. The molecule has 130 valence electrons. The molecule has 0 saturated carbocycles. The number of benzene rings is 2. The third-order valence-corrected chi connectivity index (χ3v) is 4.39. The number of hydrogen-bond donors (Lipinski definition) is 1. The van der Waals surface area contributed by atoms with Crippen LogP contribution in [0.15, 0.2) is 47.3 Å². The Morgan fingerprint density at radius 3 is 2.58 bits per heavy atom. The van der Waals surface area contributed by atoms with Crippen LogP contribution in [0, 0.1) is 6.92 Å². The summed E-state index contributed by atoms with van der Waals surface area (Å²) in [6.45, 7) is 2.23. The first-order chi connectivity index (χ1) is 12.4. The molecule has 0 atom stereocenters.